The fourth-order valence-corrected chi connectivity index (χ4v) is 3.77. The zero-order valence-electron chi connectivity index (χ0n) is 14.2. The van der Waals surface area contributed by atoms with Crippen molar-refractivity contribution in [1.29, 1.82) is 0 Å². The summed E-state index contributed by atoms with van der Waals surface area (Å²) in [7, 11) is 1.40. The highest BCUT2D eigenvalue weighted by Gasteiger charge is 2.43. The van der Waals surface area contributed by atoms with E-state index in [2.05, 4.69) is 4.74 Å². The first-order valence-corrected chi connectivity index (χ1v) is 9.55. The van der Waals surface area contributed by atoms with Gasteiger partial charge in [0.2, 0.25) is 0 Å². The molecule has 0 radical (unpaired) electrons. The van der Waals surface area contributed by atoms with Gasteiger partial charge in [-0.2, -0.15) is 0 Å². The molecule has 1 saturated heterocycles. The van der Waals surface area contributed by atoms with Gasteiger partial charge in [-0.3, -0.25) is 4.79 Å². The van der Waals surface area contributed by atoms with Crippen molar-refractivity contribution in [3.63, 3.8) is 0 Å². The molecule has 0 amide bonds. The molecule has 1 rings (SSSR count). The summed E-state index contributed by atoms with van der Waals surface area (Å²) < 4.78 is 10.0. The highest BCUT2D eigenvalue weighted by atomic mass is 32.2. The summed E-state index contributed by atoms with van der Waals surface area (Å²) in [5, 5.41) is 38.5. The van der Waals surface area contributed by atoms with Gasteiger partial charge in [-0.25, -0.2) is 0 Å². The zero-order chi connectivity index (χ0) is 17.9. The molecule has 0 bridgehead atoms. The number of methoxy groups -OCH3 is 1. The highest BCUT2D eigenvalue weighted by Crippen LogP contribution is 2.29. The molecule has 0 spiro atoms. The fourth-order valence-electron chi connectivity index (χ4n) is 2.59. The Morgan fingerprint density at radius 2 is 1.62 bits per heavy atom. The SMILES string of the molecule is COC(=O)CCCCCCCCS[C@@H]1O[C@H](CO)[C@@H](O)[C@H](O)[C@@H]1O. The largest absolute Gasteiger partial charge is 0.469 e. The Hall–Kier alpha value is -0.380. The third kappa shape index (κ3) is 7.25. The number of carbonyl (C=O) groups is 1. The molecule has 142 valence electrons. The van der Waals surface area contributed by atoms with E-state index in [4.69, 9.17) is 9.84 Å². The second-order valence-corrected chi connectivity index (χ2v) is 7.22. The van der Waals surface area contributed by atoms with E-state index in [9.17, 15) is 20.1 Å². The Kier molecular flexibility index (Phi) is 10.9. The second-order valence-electron chi connectivity index (χ2n) is 6.02. The van der Waals surface area contributed by atoms with Crippen LogP contribution in [0.25, 0.3) is 0 Å². The zero-order valence-corrected chi connectivity index (χ0v) is 15.0. The normalized spacial score (nSPS) is 30.3. The van der Waals surface area contributed by atoms with Gasteiger partial charge in [-0.05, 0) is 18.6 Å². The molecule has 1 heterocycles. The number of aliphatic hydroxyl groups is 4. The van der Waals surface area contributed by atoms with E-state index in [0.29, 0.717) is 6.42 Å². The molecule has 1 aliphatic rings. The summed E-state index contributed by atoms with van der Waals surface area (Å²) in [5.41, 5.74) is -0.638. The average molecular weight is 366 g/mol. The first kappa shape index (κ1) is 21.7. The highest BCUT2D eigenvalue weighted by molar-refractivity contribution is 7.99. The van der Waals surface area contributed by atoms with Crippen LogP contribution in [-0.2, 0) is 14.3 Å². The number of carbonyl (C=O) groups excluding carboxylic acids is 1. The van der Waals surface area contributed by atoms with E-state index in [1.807, 2.05) is 0 Å². The Bertz CT molecular complexity index is 353. The molecule has 1 aliphatic heterocycles. The van der Waals surface area contributed by atoms with Gasteiger partial charge in [-0.15, -0.1) is 11.8 Å². The van der Waals surface area contributed by atoms with Crippen LogP contribution < -0.4 is 0 Å². The summed E-state index contributed by atoms with van der Waals surface area (Å²) in [4.78, 5) is 10.9. The van der Waals surface area contributed by atoms with Gasteiger partial charge < -0.3 is 29.9 Å². The minimum atomic E-state index is -1.30. The van der Waals surface area contributed by atoms with Crippen molar-refractivity contribution in [2.75, 3.05) is 19.5 Å². The number of hydrogen-bond donors (Lipinski definition) is 4. The van der Waals surface area contributed by atoms with Crippen LogP contribution in [0.1, 0.15) is 44.9 Å². The smallest absolute Gasteiger partial charge is 0.305 e. The molecule has 1 fully saturated rings. The number of aliphatic hydroxyl groups excluding tert-OH is 4. The topological polar surface area (TPSA) is 116 Å². The molecular weight excluding hydrogens is 336 g/mol. The minimum Gasteiger partial charge on any atom is -0.469 e. The molecular formula is C16H30O7S. The number of esters is 1. The van der Waals surface area contributed by atoms with Crippen molar-refractivity contribution in [2.24, 2.45) is 0 Å². The Balaban J connectivity index is 2.07. The first-order chi connectivity index (χ1) is 11.5. The lowest BCUT2D eigenvalue weighted by Crippen LogP contribution is -2.57. The van der Waals surface area contributed by atoms with E-state index < -0.39 is 36.5 Å². The number of hydrogen-bond acceptors (Lipinski definition) is 8. The standard InChI is InChI=1S/C16H30O7S/c1-22-12(18)8-6-4-2-3-5-7-9-24-16-15(21)14(20)13(19)11(10-17)23-16/h11,13-17,19-21H,2-10H2,1H3/t11-,13-,14+,15+,16+/m1/s1. The number of ether oxygens (including phenoxy) is 2. The van der Waals surface area contributed by atoms with E-state index in [-0.39, 0.29) is 5.97 Å². The van der Waals surface area contributed by atoms with Crippen LogP contribution in [0.3, 0.4) is 0 Å². The van der Waals surface area contributed by atoms with Gasteiger partial charge in [0.15, 0.2) is 0 Å². The Morgan fingerprint density at radius 3 is 2.25 bits per heavy atom. The summed E-state index contributed by atoms with van der Waals surface area (Å²) in [6.45, 7) is -0.395. The number of unbranched alkanes of at least 4 members (excludes halogenated alkanes) is 5. The van der Waals surface area contributed by atoms with Crippen molar-refractivity contribution in [3.05, 3.63) is 0 Å². The second kappa shape index (κ2) is 12.1. The molecule has 7 nitrogen and oxygen atoms in total. The van der Waals surface area contributed by atoms with Gasteiger partial charge in [-0.1, -0.05) is 25.7 Å². The van der Waals surface area contributed by atoms with Crippen LogP contribution in [0.2, 0.25) is 0 Å². The maximum absolute atomic E-state index is 10.9. The Morgan fingerprint density at radius 1 is 1.00 bits per heavy atom. The van der Waals surface area contributed by atoms with Gasteiger partial charge >= 0.3 is 5.97 Å². The predicted octanol–water partition coefficient (Wildman–Crippen LogP) is 0.423. The van der Waals surface area contributed by atoms with Crippen molar-refractivity contribution in [2.45, 2.75) is 74.8 Å². The lowest BCUT2D eigenvalue weighted by molar-refractivity contribution is -0.205. The lowest BCUT2D eigenvalue weighted by Gasteiger charge is -2.39. The van der Waals surface area contributed by atoms with Crippen molar-refractivity contribution < 1.29 is 34.7 Å². The van der Waals surface area contributed by atoms with Crippen LogP contribution in [0.15, 0.2) is 0 Å². The third-order valence-corrected chi connectivity index (χ3v) is 5.38. The Labute approximate surface area is 147 Å². The van der Waals surface area contributed by atoms with Gasteiger partial charge in [0.1, 0.15) is 29.9 Å². The molecule has 0 saturated carbocycles. The molecule has 24 heavy (non-hydrogen) atoms. The molecule has 4 N–H and O–H groups in total. The lowest BCUT2D eigenvalue weighted by atomic mass is 10.0. The predicted molar refractivity (Wildman–Crippen MR) is 90.6 cm³/mol. The quantitative estimate of drug-likeness (QED) is 0.307. The molecule has 0 aromatic carbocycles. The monoisotopic (exact) mass is 366 g/mol. The number of thioether (sulfide) groups is 1. The maximum atomic E-state index is 10.9. The molecule has 8 heteroatoms. The summed E-state index contributed by atoms with van der Waals surface area (Å²) in [6.07, 6.45) is 1.89. The van der Waals surface area contributed by atoms with E-state index >= 15 is 0 Å². The van der Waals surface area contributed by atoms with Crippen LogP contribution in [0.4, 0.5) is 0 Å². The fraction of sp³-hybridized carbons (Fsp3) is 0.938. The molecule has 0 aromatic heterocycles. The van der Waals surface area contributed by atoms with E-state index in [0.717, 1.165) is 44.3 Å². The third-order valence-electron chi connectivity index (χ3n) is 4.13. The molecule has 0 unspecified atom stereocenters. The summed E-state index contributed by atoms with van der Waals surface area (Å²) in [5.74, 6) is 0.608. The summed E-state index contributed by atoms with van der Waals surface area (Å²) >= 11 is 1.39. The van der Waals surface area contributed by atoms with Gasteiger partial charge in [0.05, 0.1) is 13.7 Å². The van der Waals surface area contributed by atoms with Crippen LogP contribution in [0.5, 0.6) is 0 Å². The van der Waals surface area contributed by atoms with Crippen molar-refractivity contribution >= 4 is 17.7 Å². The van der Waals surface area contributed by atoms with Gasteiger partial charge in [0, 0.05) is 6.42 Å². The molecule has 5 atom stereocenters. The van der Waals surface area contributed by atoms with E-state index in [1.54, 1.807) is 0 Å². The molecule has 0 aliphatic carbocycles. The minimum absolute atomic E-state index is 0.161. The van der Waals surface area contributed by atoms with Gasteiger partial charge in [0.25, 0.3) is 0 Å². The first-order valence-electron chi connectivity index (χ1n) is 8.50. The summed E-state index contributed by atoms with van der Waals surface area (Å²) in [6, 6.07) is 0. The van der Waals surface area contributed by atoms with E-state index in [1.165, 1.54) is 18.9 Å². The maximum Gasteiger partial charge on any atom is 0.305 e. The van der Waals surface area contributed by atoms with Crippen LogP contribution in [-0.4, -0.2) is 75.7 Å². The van der Waals surface area contributed by atoms with Crippen molar-refractivity contribution in [1.82, 2.24) is 0 Å². The van der Waals surface area contributed by atoms with Crippen LogP contribution in [0, 0.1) is 0 Å². The average Bonchev–Trinajstić information content (AvgIpc) is 2.59. The van der Waals surface area contributed by atoms with Crippen LogP contribution >= 0.6 is 11.8 Å². The van der Waals surface area contributed by atoms with Crippen molar-refractivity contribution in [3.8, 4) is 0 Å². The number of rotatable bonds is 11. The molecule has 0 aromatic rings.